The van der Waals surface area contributed by atoms with E-state index in [9.17, 15) is 18.1 Å². The fourth-order valence-electron chi connectivity index (χ4n) is 1.39. The second kappa shape index (κ2) is 4.35. The molecule has 0 bridgehead atoms. The number of aromatic nitrogens is 1. The van der Waals surface area contributed by atoms with E-state index >= 15 is 0 Å². The highest BCUT2D eigenvalue weighted by Crippen LogP contribution is 2.53. The van der Waals surface area contributed by atoms with Crippen molar-refractivity contribution in [3.8, 4) is 0 Å². The minimum atomic E-state index is -4.55. The zero-order chi connectivity index (χ0) is 13.5. The van der Waals surface area contributed by atoms with Crippen molar-refractivity contribution in [1.29, 1.82) is 0 Å². The summed E-state index contributed by atoms with van der Waals surface area (Å²) in [5, 5.41) is 4.59. The minimum absolute atomic E-state index is 0.0216. The molecular formula is C8H6BrF3N4O2. The van der Waals surface area contributed by atoms with Crippen molar-refractivity contribution >= 4 is 27.4 Å². The molecule has 18 heavy (non-hydrogen) atoms. The first-order valence-corrected chi connectivity index (χ1v) is 5.37. The molecule has 0 radical (unpaired) electrons. The first-order valence-electron chi connectivity index (χ1n) is 4.57. The van der Waals surface area contributed by atoms with Crippen LogP contribution in [0.3, 0.4) is 0 Å². The molecule has 1 aromatic heterocycles. The standard InChI is InChI=1S/C8H6BrF3N4O2/c1-18-3-15(14-17)16-6-4(9)2-5(8(10,11)12)13-7(6)16/h2H,3H2,1H3. The molecule has 0 N–H and O–H groups in total. The topological polar surface area (TPSA) is 57.8 Å². The molecule has 0 atom stereocenters. The molecule has 0 saturated heterocycles. The van der Waals surface area contributed by atoms with E-state index in [-0.39, 0.29) is 17.0 Å². The van der Waals surface area contributed by atoms with Gasteiger partial charge >= 0.3 is 6.18 Å². The molecule has 0 aromatic carbocycles. The van der Waals surface area contributed by atoms with Crippen LogP contribution in [-0.2, 0) is 10.9 Å². The van der Waals surface area contributed by atoms with Gasteiger partial charge in [0.1, 0.15) is 11.4 Å². The summed E-state index contributed by atoms with van der Waals surface area (Å²) >= 11 is 2.99. The smallest absolute Gasteiger partial charge is 0.361 e. The van der Waals surface area contributed by atoms with Crippen LogP contribution >= 0.6 is 15.9 Å². The Kier molecular flexibility index (Phi) is 3.15. The van der Waals surface area contributed by atoms with Crippen LogP contribution in [0.4, 0.5) is 24.7 Å². The average Bonchev–Trinajstić information content (AvgIpc) is 2.99. The lowest BCUT2D eigenvalue weighted by molar-refractivity contribution is -0.141. The lowest BCUT2D eigenvalue weighted by atomic mass is 10.3. The van der Waals surface area contributed by atoms with Crippen LogP contribution in [0.15, 0.2) is 15.8 Å². The molecule has 0 unspecified atom stereocenters. The van der Waals surface area contributed by atoms with Gasteiger partial charge in [-0.05, 0) is 22.0 Å². The van der Waals surface area contributed by atoms with E-state index in [0.29, 0.717) is 5.69 Å². The van der Waals surface area contributed by atoms with Gasteiger partial charge in [-0.2, -0.15) is 13.2 Å². The molecule has 0 saturated carbocycles. The Morgan fingerprint density at radius 2 is 2.28 bits per heavy atom. The van der Waals surface area contributed by atoms with Crippen LogP contribution in [0, 0.1) is 4.91 Å². The van der Waals surface area contributed by atoms with E-state index < -0.39 is 11.9 Å². The molecule has 0 spiro atoms. The number of pyridine rings is 1. The van der Waals surface area contributed by atoms with Crippen LogP contribution < -0.4 is 5.01 Å². The SMILES string of the molecule is COCN(N=O)N1c2nc(C(F)(F)F)cc(Br)c21. The van der Waals surface area contributed by atoms with Crippen molar-refractivity contribution in [2.45, 2.75) is 6.18 Å². The third-order valence-electron chi connectivity index (χ3n) is 2.15. The summed E-state index contributed by atoms with van der Waals surface area (Å²) in [6.07, 6.45) is -4.55. The second-order valence-corrected chi connectivity index (χ2v) is 4.20. The molecule has 0 aliphatic carbocycles. The van der Waals surface area contributed by atoms with Gasteiger partial charge in [-0.25, -0.2) is 9.99 Å². The van der Waals surface area contributed by atoms with Gasteiger partial charge in [0.05, 0.1) is 5.29 Å². The maximum Gasteiger partial charge on any atom is 0.433 e. The Hall–Kier alpha value is -1.42. The molecule has 0 amide bonds. The van der Waals surface area contributed by atoms with E-state index in [0.717, 1.165) is 16.2 Å². The summed E-state index contributed by atoms with van der Waals surface area (Å²) in [6, 6.07) is 0.842. The van der Waals surface area contributed by atoms with E-state index in [1.54, 1.807) is 0 Å². The van der Waals surface area contributed by atoms with E-state index in [1.165, 1.54) is 7.11 Å². The van der Waals surface area contributed by atoms with Crippen molar-refractivity contribution in [2.75, 3.05) is 18.8 Å². The highest BCUT2D eigenvalue weighted by Gasteiger charge is 2.44. The first kappa shape index (κ1) is 13.0. The average molecular weight is 327 g/mol. The fraction of sp³-hybridized carbons (Fsp3) is 0.375. The van der Waals surface area contributed by atoms with Gasteiger partial charge in [0.15, 0.2) is 12.5 Å². The van der Waals surface area contributed by atoms with E-state index in [2.05, 4.69) is 30.9 Å². The predicted molar refractivity (Wildman–Crippen MR) is 58.6 cm³/mol. The molecule has 98 valence electrons. The van der Waals surface area contributed by atoms with Gasteiger partial charge in [0.25, 0.3) is 0 Å². The molecule has 6 nitrogen and oxygen atoms in total. The van der Waals surface area contributed by atoms with Crippen LogP contribution in [-0.4, -0.2) is 23.9 Å². The Morgan fingerprint density at radius 3 is 2.78 bits per heavy atom. The summed E-state index contributed by atoms with van der Waals surface area (Å²) in [5.41, 5.74) is -0.682. The summed E-state index contributed by atoms with van der Waals surface area (Å²) in [7, 11) is 1.33. The lowest BCUT2D eigenvalue weighted by Gasteiger charge is -2.14. The summed E-state index contributed by atoms with van der Waals surface area (Å²) in [5.74, 6) is 0.0216. The van der Waals surface area contributed by atoms with Crippen LogP contribution in [0.25, 0.3) is 0 Å². The maximum atomic E-state index is 12.5. The van der Waals surface area contributed by atoms with Gasteiger partial charge < -0.3 is 4.74 Å². The number of nitroso groups, excluding NO2 is 1. The van der Waals surface area contributed by atoms with Crippen molar-refractivity contribution in [2.24, 2.45) is 5.29 Å². The lowest BCUT2D eigenvalue weighted by Crippen LogP contribution is -2.27. The van der Waals surface area contributed by atoms with Crippen LogP contribution in [0.2, 0.25) is 0 Å². The zero-order valence-electron chi connectivity index (χ0n) is 8.90. The first-order chi connectivity index (χ1) is 8.40. The van der Waals surface area contributed by atoms with Gasteiger partial charge in [0, 0.05) is 11.6 Å². The molecule has 1 aliphatic rings. The second-order valence-electron chi connectivity index (χ2n) is 3.34. The number of nitrogens with zero attached hydrogens (tertiary/aromatic N) is 4. The zero-order valence-corrected chi connectivity index (χ0v) is 10.5. The molecule has 2 rings (SSSR count). The number of methoxy groups -OCH3 is 1. The number of hydrogen-bond acceptors (Lipinski definition) is 5. The van der Waals surface area contributed by atoms with Gasteiger partial charge in [-0.3, -0.25) is 0 Å². The molecule has 2 heterocycles. The predicted octanol–water partition coefficient (Wildman–Crippen LogP) is 2.82. The summed E-state index contributed by atoms with van der Waals surface area (Å²) in [6.45, 7) is -0.187. The van der Waals surface area contributed by atoms with Crippen LogP contribution in [0.1, 0.15) is 5.69 Å². The number of hydrogen-bond donors (Lipinski definition) is 0. The quantitative estimate of drug-likeness (QED) is 0.368. The molecule has 1 aromatic rings. The Morgan fingerprint density at radius 1 is 1.61 bits per heavy atom. The van der Waals surface area contributed by atoms with Crippen molar-refractivity contribution in [1.82, 2.24) is 10.1 Å². The van der Waals surface area contributed by atoms with E-state index in [1.807, 2.05) is 0 Å². The van der Waals surface area contributed by atoms with Crippen molar-refractivity contribution in [3.05, 3.63) is 21.1 Å². The third kappa shape index (κ3) is 2.12. The van der Waals surface area contributed by atoms with Gasteiger partial charge in [-0.15, -0.1) is 10.0 Å². The highest BCUT2D eigenvalue weighted by molar-refractivity contribution is 9.10. The Bertz CT molecular complexity index is 496. The minimum Gasteiger partial charge on any atom is -0.361 e. The normalized spacial score (nSPS) is 13.3. The van der Waals surface area contributed by atoms with Crippen molar-refractivity contribution in [3.63, 3.8) is 0 Å². The summed E-state index contributed by atoms with van der Waals surface area (Å²) in [4.78, 5) is 13.9. The Labute approximate surface area is 107 Å². The largest absolute Gasteiger partial charge is 0.433 e. The number of alkyl halides is 3. The molecular weight excluding hydrogens is 321 g/mol. The fourth-order valence-corrected chi connectivity index (χ4v) is 1.96. The third-order valence-corrected chi connectivity index (χ3v) is 2.75. The Balaban J connectivity index is 2.30. The number of hydrazine groups is 1. The van der Waals surface area contributed by atoms with E-state index in [4.69, 9.17) is 0 Å². The monoisotopic (exact) mass is 326 g/mol. The molecule has 0 fully saturated rings. The number of ether oxygens (including phenoxy) is 1. The van der Waals surface area contributed by atoms with Gasteiger partial charge in [0.2, 0.25) is 0 Å². The number of halogens is 4. The number of fused-ring (bicyclic) bond motifs is 1. The van der Waals surface area contributed by atoms with Gasteiger partial charge in [-0.1, -0.05) is 0 Å². The molecule has 1 aliphatic heterocycles. The number of anilines is 2. The highest BCUT2D eigenvalue weighted by atomic mass is 79.9. The maximum absolute atomic E-state index is 12.5. The number of rotatable bonds is 4. The van der Waals surface area contributed by atoms with Crippen LogP contribution in [0.5, 0.6) is 0 Å². The van der Waals surface area contributed by atoms with Crippen molar-refractivity contribution < 1.29 is 17.9 Å². The summed E-state index contributed by atoms with van der Waals surface area (Å²) < 4.78 is 42.4. The molecule has 10 heteroatoms.